The van der Waals surface area contributed by atoms with E-state index in [-0.39, 0.29) is 24.9 Å². The topological polar surface area (TPSA) is 82.3 Å². The van der Waals surface area contributed by atoms with E-state index in [1.165, 1.54) is 0 Å². The predicted molar refractivity (Wildman–Crippen MR) is 73.5 cm³/mol. The van der Waals surface area contributed by atoms with E-state index in [0.29, 0.717) is 12.3 Å². The van der Waals surface area contributed by atoms with Gasteiger partial charge in [0.15, 0.2) is 0 Å². The van der Waals surface area contributed by atoms with Crippen LogP contribution in [0.2, 0.25) is 0 Å². The number of nitrogens with one attached hydrogen (secondary N) is 2. The molecule has 0 radical (unpaired) electrons. The Morgan fingerprint density at radius 1 is 1.30 bits per heavy atom. The molecular weight excluding hydrogens is 315 g/mol. The maximum atomic E-state index is 12.7. The minimum Gasteiger partial charge on any atom is -0.339 e. The molecule has 2 heterocycles. The summed E-state index contributed by atoms with van der Waals surface area (Å²) in [4.78, 5) is 39.1. The van der Waals surface area contributed by atoms with Crippen molar-refractivity contribution in [2.45, 2.75) is 31.5 Å². The number of hydrogen-bond donors (Lipinski definition) is 2. The molecule has 1 aliphatic carbocycles. The molecule has 6 nitrogen and oxygen atoms in total. The number of aromatic amines is 1. The lowest BCUT2D eigenvalue weighted by Crippen LogP contribution is -2.31. The summed E-state index contributed by atoms with van der Waals surface area (Å²) in [6.45, 7) is 0.242. The normalized spacial score (nSPS) is 21.6. The average molecular weight is 329 g/mol. The summed E-state index contributed by atoms with van der Waals surface area (Å²) in [5.41, 5.74) is -2.36. The van der Waals surface area contributed by atoms with Crippen LogP contribution in [0, 0.1) is 5.92 Å². The number of anilines is 1. The largest absolute Gasteiger partial charge is 0.417 e. The van der Waals surface area contributed by atoms with Crippen LogP contribution in [0.5, 0.6) is 0 Å². The molecule has 124 valence electrons. The number of amides is 2. The van der Waals surface area contributed by atoms with Gasteiger partial charge in [0.2, 0.25) is 11.8 Å². The van der Waals surface area contributed by atoms with E-state index in [1.807, 2.05) is 4.98 Å². The van der Waals surface area contributed by atoms with Crippen molar-refractivity contribution < 1.29 is 22.8 Å². The van der Waals surface area contributed by atoms with Crippen molar-refractivity contribution in [2.75, 3.05) is 11.9 Å². The fourth-order valence-corrected chi connectivity index (χ4v) is 2.62. The molecule has 9 heteroatoms. The first kappa shape index (κ1) is 15.6. The van der Waals surface area contributed by atoms with E-state index in [2.05, 4.69) is 5.32 Å². The van der Waals surface area contributed by atoms with E-state index >= 15 is 0 Å². The van der Waals surface area contributed by atoms with E-state index in [9.17, 15) is 27.6 Å². The Morgan fingerprint density at radius 2 is 2.00 bits per heavy atom. The standard InChI is InChI=1S/C14H14F3N3O3/c15-14(16,17)8-4-10(13(23)18-5-8)19-12(22)7-3-11(21)20(6-7)9-1-2-9/h4-5,7,9H,1-3,6H2,(H,18,23)(H,19,22)/t7-/m0/s1. The van der Waals surface area contributed by atoms with Gasteiger partial charge in [-0.3, -0.25) is 14.4 Å². The van der Waals surface area contributed by atoms with Crippen molar-refractivity contribution in [1.82, 2.24) is 9.88 Å². The van der Waals surface area contributed by atoms with Gasteiger partial charge < -0.3 is 15.2 Å². The molecule has 2 aliphatic rings. The van der Waals surface area contributed by atoms with Gasteiger partial charge >= 0.3 is 6.18 Å². The highest BCUT2D eigenvalue weighted by atomic mass is 19.4. The van der Waals surface area contributed by atoms with Crippen LogP contribution in [0.4, 0.5) is 18.9 Å². The highest BCUT2D eigenvalue weighted by molar-refractivity contribution is 5.97. The number of rotatable bonds is 3. The Bertz CT molecular complexity index is 709. The fourth-order valence-electron chi connectivity index (χ4n) is 2.62. The molecule has 3 rings (SSSR count). The quantitative estimate of drug-likeness (QED) is 0.878. The smallest absolute Gasteiger partial charge is 0.339 e. The molecule has 1 aromatic heterocycles. The van der Waals surface area contributed by atoms with E-state index in [1.54, 1.807) is 4.90 Å². The minimum atomic E-state index is -4.63. The number of carbonyl (C=O) groups is 2. The molecule has 1 aliphatic heterocycles. The van der Waals surface area contributed by atoms with Crippen molar-refractivity contribution in [1.29, 1.82) is 0 Å². The van der Waals surface area contributed by atoms with Crippen LogP contribution < -0.4 is 10.9 Å². The number of carbonyl (C=O) groups excluding carboxylic acids is 2. The zero-order valence-corrected chi connectivity index (χ0v) is 11.9. The fraction of sp³-hybridized carbons (Fsp3) is 0.500. The van der Waals surface area contributed by atoms with Gasteiger partial charge in [-0.1, -0.05) is 0 Å². The van der Waals surface area contributed by atoms with Crippen LogP contribution in [-0.4, -0.2) is 34.3 Å². The van der Waals surface area contributed by atoms with Gasteiger partial charge in [0, 0.05) is 25.2 Å². The molecule has 0 aromatic carbocycles. The first-order valence-corrected chi connectivity index (χ1v) is 7.16. The number of likely N-dealkylation sites (tertiary alicyclic amines) is 1. The third kappa shape index (κ3) is 3.22. The number of H-pyrrole nitrogens is 1. The summed E-state index contributed by atoms with van der Waals surface area (Å²) < 4.78 is 38.0. The minimum absolute atomic E-state index is 0.0131. The Balaban J connectivity index is 1.73. The number of nitrogens with zero attached hydrogens (tertiary/aromatic N) is 1. The molecular formula is C14H14F3N3O3. The maximum Gasteiger partial charge on any atom is 0.417 e. The Labute approximate surface area is 128 Å². The van der Waals surface area contributed by atoms with Gasteiger partial charge in [-0.05, 0) is 18.9 Å². The molecule has 1 saturated carbocycles. The zero-order chi connectivity index (χ0) is 16.8. The third-order valence-corrected chi connectivity index (χ3v) is 4.01. The molecule has 2 fully saturated rings. The molecule has 23 heavy (non-hydrogen) atoms. The van der Waals surface area contributed by atoms with Crippen molar-refractivity contribution >= 4 is 17.5 Å². The second-order valence-corrected chi connectivity index (χ2v) is 5.80. The molecule has 2 N–H and O–H groups in total. The highest BCUT2D eigenvalue weighted by Gasteiger charge is 2.42. The van der Waals surface area contributed by atoms with Gasteiger partial charge in [0.1, 0.15) is 5.69 Å². The van der Waals surface area contributed by atoms with E-state index in [0.717, 1.165) is 12.8 Å². The van der Waals surface area contributed by atoms with Gasteiger partial charge in [0.25, 0.3) is 5.56 Å². The van der Waals surface area contributed by atoms with Crippen molar-refractivity contribution in [3.63, 3.8) is 0 Å². The Kier molecular flexibility index (Phi) is 3.65. The lowest BCUT2D eigenvalue weighted by atomic mass is 10.1. The molecule has 1 saturated heterocycles. The van der Waals surface area contributed by atoms with Crippen molar-refractivity contribution in [3.8, 4) is 0 Å². The van der Waals surface area contributed by atoms with Gasteiger partial charge in [0.05, 0.1) is 11.5 Å². The van der Waals surface area contributed by atoms with Crippen LogP contribution >= 0.6 is 0 Å². The summed E-state index contributed by atoms with van der Waals surface area (Å²) in [6, 6.07) is 0.767. The monoisotopic (exact) mass is 329 g/mol. The SMILES string of the molecule is O=C(Nc1cc(C(F)(F)F)c[nH]c1=O)[C@H]1CC(=O)N(C2CC2)C1. The third-order valence-electron chi connectivity index (χ3n) is 4.01. The summed E-state index contributed by atoms with van der Waals surface area (Å²) >= 11 is 0. The average Bonchev–Trinajstić information content (AvgIpc) is 3.22. The maximum absolute atomic E-state index is 12.7. The van der Waals surface area contributed by atoms with Crippen LogP contribution in [-0.2, 0) is 15.8 Å². The summed E-state index contributed by atoms with van der Waals surface area (Å²) in [6.07, 6.45) is -2.25. The Hall–Kier alpha value is -2.32. The highest BCUT2D eigenvalue weighted by Crippen LogP contribution is 2.33. The second-order valence-electron chi connectivity index (χ2n) is 5.80. The van der Waals surface area contributed by atoms with Crippen LogP contribution in [0.25, 0.3) is 0 Å². The molecule has 2 amide bonds. The van der Waals surface area contributed by atoms with Crippen LogP contribution in [0.15, 0.2) is 17.1 Å². The van der Waals surface area contributed by atoms with Gasteiger partial charge in [-0.25, -0.2) is 0 Å². The molecule has 1 aromatic rings. The first-order chi connectivity index (χ1) is 10.8. The number of alkyl halides is 3. The predicted octanol–water partition coefficient (Wildman–Crippen LogP) is 1.34. The first-order valence-electron chi connectivity index (χ1n) is 7.16. The number of halogens is 3. The molecule has 1 atom stereocenters. The number of aromatic nitrogens is 1. The molecule has 0 bridgehead atoms. The lowest BCUT2D eigenvalue weighted by molar-refractivity contribution is -0.137. The van der Waals surface area contributed by atoms with Crippen molar-refractivity contribution in [2.24, 2.45) is 5.92 Å². The summed E-state index contributed by atoms with van der Waals surface area (Å²) in [5, 5.41) is 2.20. The second kappa shape index (κ2) is 5.39. The van der Waals surface area contributed by atoms with Crippen LogP contribution in [0.3, 0.4) is 0 Å². The summed E-state index contributed by atoms with van der Waals surface area (Å²) in [7, 11) is 0. The van der Waals surface area contributed by atoms with E-state index in [4.69, 9.17) is 0 Å². The van der Waals surface area contributed by atoms with Gasteiger partial charge in [-0.2, -0.15) is 13.2 Å². The molecule has 0 spiro atoms. The number of pyridine rings is 1. The lowest BCUT2D eigenvalue weighted by Gasteiger charge is -2.15. The van der Waals surface area contributed by atoms with Crippen LogP contribution in [0.1, 0.15) is 24.8 Å². The number of hydrogen-bond acceptors (Lipinski definition) is 3. The van der Waals surface area contributed by atoms with Crippen molar-refractivity contribution in [3.05, 3.63) is 28.2 Å². The summed E-state index contributed by atoms with van der Waals surface area (Å²) in [5.74, 6) is -1.41. The van der Waals surface area contributed by atoms with Gasteiger partial charge in [-0.15, -0.1) is 0 Å². The van der Waals surface area contributed by atoms with E-state index < -0.39 is 34.8 Å². The zero-order valence-electron chi connectivity index (χ0n) is 11.9. The molecule has 0 unspecified atom stereocenters. The Morgan fingerprint density at radius 3 is 2.61 bits per heavy atom.